The lowest BCUT2D eigenvalue weighted by Crippen LogP contribution is -2.37. The first-order valence-corrected chi connectivity index (χ1v) is 6.22. The van der Waals surface area contributed by atoms with Gasteiger partial charge in [-0.05, 0) is 25.5 Å². The van der Waals surface area contributed by atoms with Crippen LogP contribution in [-0.2, 0) is 25.3 Å². The van der Waals surface area contributed by atoms with Gasteiger partial charge in [0.15, 0.2) is 0 Å². The Labute approximate surface area is 117 Å². The van der Waals surface area contributed by atoms with Crippen molar-refractivity contribution in [2.45, 2.75) is 25.9 Å². The summed E-state index contributed by atoms with van der Waals surface area (Å²) in [5.41, 5.74) is 0.212. The van der Waals surface area contributed by atoms with Crippen molar-refractivity contribution in [3.05, 3.63) is 41.9 Å². The van der Waals surface area contributed by atoms with E-state index in [1.807, 2.05) is 0 Å². The molecule has 0 radical (unpaired) electrons. The van der Waals surface area contributed by atoms with Crippen LogP contribution in [0.25, 0.3) is 0 Å². The number of esters is 1. The Morgan fingerprint density at radius 2 is 2.20 bits per heavy atom. The molecule has 0 spiro atoms. The van der Waals surface area contributed by atoms with Crippen LogP contribution in [0.4, 0.5) is 4.39 Å². The van der Waals surface area contributed by atoms with Crippen LogP contribution in [0.1, 0.15) is 19.4 Å². The first kappa shape index (κ1) is 14.6. The number of rotatable bonds is 3. The predicted octanol–water partition coefficient (Wildman–Crippen LogP) is 1.58. The molecular weight excluding hydrogens is 262 g/mol. The molecule has 0 unspecified atom stereocenters. The number of carbonyl (C=O) groups excluding carboxylic acids is 1. The van der Waals surface area contributed by atoms with Gasteiger partial charge < -0.3 is 14.0 Å². The van der Waals surface area contributed by atoms with Gasteiger partial charge in [-0.2, -0.15) is 0 Å². The fourth-order valence-electron chi connectivity index (χ4n) is 1.88. The van der Waals surface area contributed by atoms with E-state index in [-0.39, 0.29) is 17.9 Å². The minimum absolute atomic E-state index is 0.0703. The molecule has 2 rings (SSSR count). The fraction of sp³-hybridized carbons (Fsp3) is 0.357. The zero-order chi connectivity index (χ0) is 14.9. The summed E-state index contributed by atoms with van der Waals surface area (Å²) in [6.07, 6.45) is 0.0703. The summed E-state index contributed by atoms with van der Waals surface area (Å²) in [4.78, 5) is 11.3. The van der Waals surface area contributed by atoms with E-state index >= 15 is 0 Å². The van der Waals surface area contributed by atoms with Gasteiger partial charge in [-0.25, -0.2) is 4.39 Å². The van der Waals surface area contributed by atoms with Gasteiger partial charge in [-0.15, -0.1) is 0 Å². The molecule has 4 nitrogen and oxygen atoms in total. The smallest absolute Gasteiger partial charge is 0.534 e. The molecule has 1 aliphatic rings. The molecule has 6 heteroatoms. The Hall–Kier alpha value is -1.82. The Bertz CT molecular complexity index is 556. The van der Waals surface area contributed by atoms with Crippen LogP contribution in [0.5, 0.6) is 0 Å². The van der Waals surface area contributed by atoms with Crippen LogP contribution in [0.15, 0.2) is 30.5 Å². The van der Waals surface area contributed by atoms with Crippen molar-refractivity contribution in [1.29, 1.82) is 0 Å². The molecule has 1 aromatic rings. The monoisotopic (exact) mass is 278 g/mol. The van der Waals surface area contributed by atoms with Crippen molar-refractivity contribution < 1.29 is 23.2 Å². The molecular formula is C14H16BFO4. The van der Waals surface area contributed by atoms with E-state index in [1.165, 1.54) is 19.2 Å². The van der Waals surface area contributed by atoms with Crippen molar-refractivity contribution in [3.63, 3.8) is 0 Å². The zero-order valence-corrected chi connectivity index (χ0v) is 11.7. The molecule has 0 aromatic heterocycles. The van der Waals surface area contributed by atoms with Gasteiger partial charge in [-0.1, -0.05) is 18.7 Å². The van der Waals surface area contributed by atoms with Crippen LogP contribution in [-0.4, -0.2) is 25.8 Å². The molecule has 1 aromatic carbocycles. The average Bonchev–Trinajstić information content (AvgIpc) is 2.66. The predicted molar refractivity (Wildman–Crippen MR) is 72.9 cm³/mol. The van der Waals surface area contributed by atoms with E-state index in [2.05, 4.69) is 11.3 Å². The summed E-state index contributed by atoms with van der Waals surface area (Å²) < 4.78 is 29.6. The summed E-state index contributed by atoms with van der Waals surface area (Å²) in [5, 5.41) is 0. The zero-order valence-electron chi connectivity index (χ0n) is 11.7. The van der Waals surface area contributed by atoms with Crippen LogP contribution in [0.2, 0.25) is 0 Å². The fourth-order valence-corrected chi connectivity index (χ4v) is 1.88. The quantitative estimate of drug-likeness (QED) is 0.622. The highest BCUT2D eigenvalue weighted by Gasteiger charge is 2.44. The molecule has 1 heterocycles. The second kappa shape index (κ2) is 5.29. The largest absolute Gasteiger partial charge is 0.566 e. The van der Waals surface area contributed by atoms with Gasteiger partial charge in [0, 0.05) is 5.46 Å². The Morgan fingerprint density at radius 1 is 1.50 bits per heavy atom. The molecule has 0 saturated carbocycles. The summed E-state index contributed by atoms with van der Waals surface area (Å²) in [7, 11) is 0.456. The third-order valence-corrected chi connectivity index (χ3v) is 3.21. The van der Waals surface area contributed by atoms with Crippen LogP contribution in [0.3, 0.4) is 0 Å². The minimum Gasteiger partial charge on any atom is -0.534 e. The second-order valence-electron chi connectivity index (χ2n) is 5.11. The van der Waals surface area contributed by atoms with E-state index in [1.54, 1.807) is 19.9 Å². The van der Waals surface area contributed by atoms with Gasteiger partial charge in [0.2, 0.25) is 0 Å². The normalized spacial score (nSPS) is 17.0. The molecule has 0 aliphatic carbocycles. The molecule has 20 heavy (non-hydrogen) atoms. The van der Waals surface area contributed by atoms with E-state index in [0.29, 0.717) is 11.3 Å². The average molecular weight is 278 g/mol. The number of hydrogen-bond donors (Lipinski definition) is 0. The van der Waals surface area contributed by atoms with Crippen molar-refractivity contribution in [2.24, 2.45) is 0 Å². The SMILES string of the molecule is C=C1OB(c2cc(CC(=O)OC)ccc2F)OC1(C)C. The minimum atomic E-state index is -0.852. The van der Waals surface area contributed by atoms with Gasteiger partial charge in [-0.3, -0.25) is 4.79 Å². The first-order chi connectivity index (χ1) is 9.33. The van der Waals surface area contributed by atoms with E-state index in [4.69, 9.17) is 9.31 Å². The molecule has 1 aliphatic heterocycles. The maximum atomic E-state index is 13.9. The second-order valence-corrected chi connectivity index (χ2v) is 5.11. The standard InChI is InChI=1S/C14H16BFO4/c1-9-14(2,3)20-15(19-9)11-7-10(5-6-12(11)16)8-13(17)18-4/h5-7H,1,8H2,2-4H3. The number of ether oxygens (including phenoxy) is 1. The Kier molecular flexibility index (Phi) is 3.86. The Morgan fingerprint density at radius 3 is 2.75 bits per heavy atom. The van der Waals surface area contributed by atoms with Crippen molar-refractivity contribution in [3.8, 4) is 0 Å². The lowest BCUT2D eigenvalue weighted by atomic mass is 9.77. The molecule has 0 amide bonds. The molecule has 106 valence electrons. The summed E-state index contributed by atoms with van der Waals surface area (Å²) in [6.45, 7) is 7.35. The molecule has 0 N–H and O–H groups in total. The topological polar surface area (TPSA) is 44.8 Å². The van der Waals surface area contributed by atoms with Crippen LogP contribution >= 0.6 is 0 Å². The molecule has 0 atom stereocenters. The highest BCUT2D eigenvalue weighted by molar-refractivity contribution is 6.62. The van der Waals surface area contributed by atoms with E-state index < -0.39 is 18.5 Å². The van der Waals surface area contributed by atoms with Gasteiger partial charge in [0.05, 0.1) is 19.3 Å². The lowest BCUT2D eigenvalue weighted by Gasteiger charge is -2.15. The summed E-state index contributed by atoms with van der Waals surface area (Å²) >= 11 is 0. The number of methoxy groups -OCH3 is 1. The number of hydrogen-bond acceptors (Lipinski definition) is 4. The summed E-state index contributed by atoms with van der Waals surface area (Å²) in [6, 6.07) is 4.37. The van der Waals surface area contributed by atoms with Gasteiger partial charge in [0.25, 0.3) is 0 Å². The van der Waals surface area contributed by atoms with Crippen molar-refractivity contribution in [1.82, 2.24) is 0 Å². The lowest BCUT2D eigenvalue weighted by molar-refractivity contribution is -0.139. The Balaban J connectivity index is 2.26. The first-order valence-electron chi connectivity index (χ1n) is 6.22. The van der Waals surface area contributed by atoms with Crippen LogP contribution in [0, 0.1) is 5.82 Å². The maximum Gasteiger partial charge on any atom is 0.566 e. The molecule has 1 fully saturated rings. The maximum absolute atomic E-state index is 13.9. The highest BCUT2D eigenvalue weighted by atomic mass is 19.1. The van der Waals surface area contributed by atoms with E-state index in [0.717, 1.165) is 0 Å². The van der Waals surface area contributed by atoms with Gasteiger partial charge in [0.1, 0.15) is 11.4 Å². The summed E-state index contributed by atoms with van der Waals surface area (Å²) in [5.74, 6) is -0.394. The number of halogens is 1. The molecule has 1 saturated heterocycles. The van der Waals surface area contributed by atoms with Gasteiger partial charge >= 0.3 is 13.1 Å². The van der Waals surface area contributed by atoms with E-state index in [9.17, 15) is 9.18 Å². The van der Waals surface area contributed by atoms with Crippen molar-refractivity contribution >= 4 is 18.6 Å². The molecule has 0 bridgehead atoms. The third-order valence-electron chi connectivity index (χ3n) is 3.21. The highest BCUT2D eigenvalue weighted by Crippen LogP contribution is 2.29. The van der Waals surface area contributed by atoms with Crippen molar-refractivity contribution in [2.75, 3.05) is 7.11 Å². The van der Waals surface area contributed by atoms with Crippen LogP contribution < -0.4 is 5.46 Å². The number of benzene rings is 1. The number of carbonyl (C=O) groups is 1. The third kappa shape index (κ3) is 2.85.